The standard InChI is InChI=1S/C13H18N4O/c1-10-4-7-17-12(8-10)15-16-13(17)9-18-11-2-5-14-6-3-11/h4,7-8,11,14H,2-3,5-6,9H2,1H3. The molecule has 96 valence electrons. The molecular weight excluding hydrogens is 228 g/mol. The summed E-state index contributed by atoms with van der Waals surface area (Å²) in [6, 6.07) is 4.09. The molecule has 0 atom stereocenters. The van der Waals surface area contributed by atoms with Crippen molar-refractivity contribution in [2.75, 3.05) is 13.1 Å². The molecule has 1 N–H and O–H groups in total. The van der Waals surface area contributed by atoms with Gasteiger partial charge in [0.25, 0.3) is 0 Å². The van der Waals surface area contributed by atoms with Crippen LogP contribution in [0.1, 0.15) is 24.2 Å². The third kappa shape index (κ3) is 2.37. The van der Waals surface area contributed by atoms with Crippen molar-refractivity contribution in [3.63, 3.8) is 0 Å². The first kappa shape index (κ1) is 11.6. The van der Waals surface area contributed by atoms with Crippen molar-refractivity contribution in [3.8, 4) is 0 Å². The molecule has 1 fully saturated rings. The average Bonchev–Trinajstić information content (AvgIpc) is 2.80. The van der Waals surface area contributed by atoms with Gasteiger partial charge in [0.15, 0.2) is 11.5 Å². The fourth-order valence-corrected chi connectivity index (χ4v) is 2.30. The van der Waals surface area contributed by atoms with Gasteiger partial charge in [-0.2, -0.15) is 0 Å². The van der Waals surface area contributed by atoms with Crippen LogP contribution >= 0.6 is 0 Å². The summed E-state index contributed by atoms with van der Waals surface area (Å²) in [5, 5.41) is 11.7. The van der Waals surface area contributed by atoms with E-state index in [4.69, 9.17) is 4.74 Å². The number of fused-ring (bicyclic) bond motifs is 1. The molecule has 1 saturated heterocycles. The zero-order valence-corrected chi connectivity index (χ0v) is 10.6. The quantitative estimate of drug-likeness (QED) is 0.887. The van der Waals surface area contributed by atoms with Gasteiger partial charge in [-0.3, -0.25) is 4.40 Å². The Morgan fingerprint density at radius 1 is 1.39 bits per heavy atom. The predicted molar refractivity (Wildman–Crippen MR) is 68.4 cm³/mol. The Balaban J connectivity index is 1.70. The first-order chi connectivity index (χ1) is 8.83. The van der Waals surface area contributed by atoms with E-state index in [-0.39, 0.29) is 0 Å². The number of aryl methyl sites for hydroxylation is 1. The summed E-state index contributed by atoms with van der Waals surface area (Å²) in [7, 11) is 0. The lowest BCUT2D eigenvalue weighted by atomic mass is 10.1. The van der Waals surface area contributed by atoms with Gasteiger partial charge >= 0.3 is 0 Å². The van der Waals surface area contributed by atoms with Gasteiger partial charge in [-0.05, 0) is 50.6 Å². The number of ether oxygens (including phenoxy) is 1. The van der Waals surface area contributed by atoms with E-state index < -0.39 is 0 Å². The Kier molecular flexibility index (Phi) is 3.25. The van der Waals surface area contributed by atoms with Crippen molar-refractivity contribution in [1.82, 2.24) is 19.9 Å². The number of hydrogen-bond acceptors (Lipinski definition) is 4. The highest BCUT2D eigenvalue weighted by Gasteiger charge is 2.14. The topological polar surface area (TPSA) is 51.5 Å². The van der Waals surface area contributed by atoms with E-state index in [9.17, 15) is 0 Å². The highest BCUT2D eigenvalue weighted by molar-refractivity contribution is 5.40. The van der Waals surface area contributed by atoms with Crippen molar-refractivity contribution in [2.24, 2.45) is 0 Å². The molecule has 0 unspecified atom stereocenters. The van der Waals surface area contributed by atoms with Crippen molar-refractivity contribution in [3.05, 3.63) is 29.7 Å². The van der Waals surface area contributed by atoms with Gasteiger partial charge in [-0.15, -0.1) is 10.2 Å². The Morgan fingerprint density at radius 2 is 2.22 bits per heavy atom. The Hall–Kier alpha value is -1.46. The second-order valence-electron chi connectivity index (χ2n) is 4.81. The molecule has 5 heteroatoms. The number of piperidine rings is 1. The molecule has 0 radical (unpaired) electrons. The number of rotatable bonds is 3. The molecule has 0 aliphatic carbocycles. The fraction of sp³-hybridized carbons (Fsp3) is 0.538. The molecule has 18 heavy (non-hydrogen) atoms. The number of aromatic nitrogens is 3. The summed E-state index contributed by atoms with van der Waals surface area (Å²) in [5.41, 5.74) is 2.08. The molecule has 1 aliphatic rings. The molecule has 0 bridgehead atoms. The predicted octanol–water partition coefficient (Wildman–Crippen LogP) is 1.31. The molecule has 2 aromatic heterocycles. The van der Waals surface area contributed by atoms with Crippen molar-refractivity contribution >= 4 is 5.65 Å². The zero-order chi connectivity index (χ0) is 12.4. The van der Waals surface area contributed by atoms with Gasteiger partial charge in [-0.25, -0.2) is 0 Å². The summed E-state index contributed by atoms with van der Waals surface area (Å²) in [6.45, 7) is 4.68. The van der Waals surface area contributed by atoms with Crippen LogP contribution in [0.2, 0.25) is 0 Å². The normalized spacial score (nSPS) is 17.4. The highest BCUT2D eigenvalue weighted by atomic mass is 16.5. The summed E-state index contributed by atoms with van der Waals surface area (Å²) in [4.78, 5) is 0. The van der Waals surface area contributed by atoms with E-state index in [2.05, 4.69) is 28.5 Å². The molecule has 3 heterocycles. The molecule has 0 spiro atoms. The third-order valence-electron chi connectivity index (χ3n) is 3.37. The van der Waals surface area contributed by atoms with Gasteiger partial charge in [0.05, 0.1) is 6.10 Å². The number of hydrogen-bond donors (Lipinski definition) is 1. The van der Waals surface area contributed by atoms with E-state index >= 15 is 0 Å². The molecule has 0 amide bonds. The average molecular weight is 246 g/mol. The maximum absolute atomic E-state index is 5.90. The lowest BCUT2D eigenvalue weighted by Crippen LogP contribution is -2.32. The Labute approximate surface area is 106 Å². The van der Waals surface area contributed by atoms with Gasteiger partial charge in [-0.1, -0.05) is 0 Å². The summed E-state index contributed by atoms with van der Waals surface area (Å²) in [6.07, 6.45) is 4.52. The minimum Gasteiger partial charge on any atom is -0.370 e. The largest absolute Gasteiger partial charge is 0.370 e. The van der Waals surface area contributed by atoms with E-state index in [0.29, 0.717) is 12.7 Å². The van der Waals surface area contributed by atoms with E-state index in [1.54, 1.807) is 0 Å². The van der Waals surface area contributed by atoms with Crippen LogP contribution < -0.4 is 5.32 Å². The zero-order valence-electron chi connectivity index (χ0n) is 10.6. The maximum Gasteiger partial charge on any atom is 0.163 e. The molecular formula is C13H18N4O. The van der Waals surface area contributed by atoms with Gasteiger partial charge in [0.2, 0.25) is 0 Å². The minimum atomic E-state index is 0.351. The molecule has 5 nitrogen and oxygen atoms in total. The Bertz CT molecular complexity index is 531. The van der Waals surface area contributed by atoms with Crippen LogP contribution in [0.25, 0.3) is 5.65 Å². The third-order valence-corrected chi connectivity index (χ3v) is 3.37. The SMILES string of the molecule is Cc1ccn2c(COC3CCNCC3)nnc2c1. The number of nitrogens with one attached hydrogen (secondary N) is 1. The number of pyridine rings is 1. The molecule has 2 aromatic rings. The van der Waals surface area contributed by atoms with Crippen LogP contribution in [-0.2, 0) is 11.3 Å². The van der Waals surface area contributed by atoms with Gasteiger partial charge in [0.1, 0.15) is 6.61 Å². The Morgan fingerprint density at radius 3 is 3.06 bits per heavy atom. The monoisotopic (exact) mass is 246 g/mol. The first-order valence-corrected chi connectivity index (χ1v) is 6.45. The summed E-state index contributed by atoms with van der Waals surface area (Å²) < 4.78 is 7.90. The van der Waals surface area contributed by atoms with E-state index in [1.165, 1.54) is 5.56 Å². The molecule has 0 saturated carbocycles. The van der Waals surface area contributed by atoms with Crippen LogP contribution in [0.4, 0.5) is 0 Å². The summed E-state index contributed by atoms with van der Waals surface area (Å²) in [5.74, 6) is 0.878. The second-order valence-corrected chi connectivity index (χ2v) is 4.81. The lowest BCUT2D eigenvalue weighted by molar-refractivity contribution is 0.0174. The molecule has 0 aromatic carbocycles. The van der Waals surface area contributed by atoms with Crippen molar-refractivity contribution in [2.45, 2.75) is 32.5 Å². The maximum atomic E-state index is 5.90. The number of nitrogens with zero attached hydrogens (tertiary/aromatic N) is 3. The summed E-state index contributed by atoms with van der Waals surface area (Å²) >= 11 is 0. The second kappa shape index (κ2) is 5.04. The lowest BCUT2D eigenvalue weighted by Gasteiger charge is -2.22. The van der Waals surface area contributed by atoms with Crippen LogP contribution in [0.5, 0.6) is 0 Å². The van der Waals surface area contributed by atoms with Gasteiger partial charge < -0.3 is 10.1 Å². The van der Waals surface area contributed by atoms with Crippen LogP contribution in [0.3, 0.4) is 0 Å². The smallest absolute Gasteiger partial charge is 0.163 e. The first-order valence-electron chi connectivity index (χ1n) is 6.45. The van der Waals surface area contributed by atoms with Crippen LogP contribution in [0, 0.1) is 6.92 Å². The van der Waals surface area contributed by atoms with E-state index in [1.807, 2.05) is 16.7 Å². The molecule has 1 aliphatic heterocycles. The fourth-order valence-electron chi connectivity index (χ4n) is 2.30. The highest BCUT2D eigenvalue weighted by Crippen LogP contribution is 2.12. The molecule has 3 rings (SSSR count). The van der Waals surface area contributed by atoms with Crippen LogP contribution in [0.15, 0.2) is 18.3 Å². The minimum absolute atomic E-state index is 0.351. The van der Waals surface area contributed by atoms with Crippen molar-refractivity contribution < 1.29 is 4.74 Å². The van der Waals surface area contributed by atoms with Crippen LogP contribution in [-0.4, -0.2) is 33.8 Å². The van der Waals surface area contributed by atoms with E-state index in [0.717, 1.165) is 37.4 Å². The van der Waals surface area contributed by atoms with Gasteiger partial charge in [0, 0.05) is 6.20 Å². The van der Waals surface area contributed by atoms with Crippen molar-refractivity contribution in [1.29, 1.82) is 0 Å².